The maximum atomic E-state index is 13.1. The fraction of sp³-hybridized carbons (Fsp3) is 0.341. The van der Waals surface area contributed by atoms with Crippen molar-refractivity contribution in [1.29, 1.82) is 0 Å². The third-order valence-electron chi connectivity index (χ3n) is 9.71. The van der Waals surface area contributed by atoms with Gasteiger partial charge in [-0.05, 0) is 59.7 Å². The molecule has 4 N–H and O–H groups in total. The van der Waals surface area contributed by atoms with Gasteiger partial charge in [-0.1, -0.05) is 98.1 Å². The maximum Gasteiger partial charge on any atom is 0.510 e. The van der Waals surface area contributed by atoms with Crippen molar-refractivity contribution in [3.63, 3.8) is 0 Å². The zero-order valence-corrected chi connectivity index (χ0v) is 35.3. The van der Waals surface area contributed by atoms with Gasteiger partial charge in [-0.15, -0.1) is 15.2 Å². The van der Waals surface area contributed by atoms with Crippen LogP contribution in [-0.2, 0) is 53.1 Å². The van der Waals surface area contributed by atoms with Crippen LogP contribution in [0.25, 0.3) is 22.2 Å². The summed E-state index contributed by atoms with van der Waals surface area (Å²) >= 11 is 0. The lowest BCUT2D eigenvalue weighted by Gasteiger charge is -2.19. The number of esters is 1. The van der Waals surface area contributed by atoms with Gasteiger partial charge in [0.2, 0.25) is 6.29 Å². The average molecular weight is 870 g/mol. The molecule has 1 aliphatic rings. The number of hydrazine groups is 1. The number of amidine groups is 1. The van der Waals surface area contributed by atoms with Crippen LogP contribution in [0.2, 0.25) is 0 Å². The Balaban J connectivity index is 0.000000840. The smallest absolute Gasteiger partial charge is 0.465 e. The van der Waals surface area contributed by atoms with Gasteiger partial charge in [0.25, 0.3) is 17.6 Å². The van der Waals surface area contributed by atoms with Gasteiger partial charge in [0, 0.05) is 19.6 Å². The topological polar surface area (TPSA) is 244 Å². The number of imidazole rings is 1. The van der Waals surface area contributed by atoms with E-state index in [1.165, 1.54) is 39.0 Å². The number of hydrogen-bond donors (Lipinski definition) is 2. The van der Waals surface area contributed by atoms with Crippen molar-refractivity contribution in [2.45, 2.75) is 78.1 Å². The Morgan fingerprint density at radius 1 is 0.937 bits per heavy atom. The summed E-state index contributed by atoms with van der Waals surface area (Å²) in [5.41, 5.74) is 11.8. The number of nitrogens with zero attached hydrogens (tertiary/aromatic N) is 5. The van der Waals surface area contributed by atoms with Gasteiger partial charge in [0.15, 0.2) is 12.6 Å². The second kappa shape index (κ2) is 23.7. The molecule has 0 radical (unpaired) electrons. The number of para-hydroxylation sites is 1. The Morgan fingerprint density at radius 3 is 2.25 bits per heavy atom. The predicted molar refractivity (Wildman–Crippen MR) is 229 cm³/mol. The lowest BCUT2D eigenvalue weighted by Crippen LogP contribution is -2.33. The fourth-order valence-corrected chi connectivity index (χ4v) is 6.65. The number of benzene rings is 4. The van der Waals surface area contributed by atoms with Crippen LogP contribution >= 0.6 is 0 Å². The van der Waals surface area contributed by atoms with Crippen LogP contribution in [0.4, 0.5) is 4.79 Å². The summed E-state index contributed by atoms with van der Waals surface area (Å²) in [4.78, 5) is 55.2. The van der Waals surface area contributed by atoms with Gasteiger partial charge in [-0.2, -0.15) is 10.1 Å². The molecule has 63 heavy (non-hydrogen) atoms. The molecule has 19 nitrogen and oxygen atoms in total. The molecule has 19 heteroatoms. The summed E-state index contributed by atoms with van der Waals surface area (Å²) in [6, 6.07) is 26.7. The molecule has 1 unspecified atom stereocenters. The van der Waals surface area contributed by atoms with Crippen molar-refractivity contribution < 1.29 is 52.7 Å². The molecular formula is C44H51N7O12. The number of rotatable bonds is 19. The summed E-state index contributed by atoms with van der Waals surface area (Å²) in [7, 11) is 1.82. The molecule has 0 saturated heterocycles. The minimum atomic E-state index is -1.08. The van der Waals surface area contributed by atoms with E-state index in [4.69, 9.17) is 40.0 Å². The Morgan fingerprint density at radius 2 is 1.60 bits per heavy atom. The molecule has 6 rings (SSSR count). The lowest BCUT2D eigenvalue weighted by molar-refractivity contribution is -0.763. The van der Waals surface area contributed by atoms with Crippen molar-refractivity contribution in [3.8, 4) is 17.1 Å². The van der Waals surface area contributed by atoms with E-state index in [1.54, 1.807) is 59.2 Å². The monoisotopic (exact) mass is 869 g/mol. The fourth-order valence-electron chi connectivity index (χ4n) is 6.65. The molecule has 5 aromatic rings. The van der Waals surface area contributed by atoms with Gasteiger partial charge in [-0.3, -0.25) is 9.36 Å². The number of nitrogens with two attached hydrogens (primary N) is 2. The summed E-state index contributed by atoms with van der Waals surface area (Å²) in [6.45, 7) is 3.32. The molecule has 1 saturated carbocycles. The number of aromatic nitrogens is 2. The van der Waals surface area contributed by atoms with Crippen LogP contribution in [0.1, 0.15) is 78.6 Å². The Bertz CT molecular complexity index is 2310. The zero-order chi connectivity index (χ0) is 45.1. The normalized spacial score (nSPS) is 13.2. The van der Waals surface area contributed by atoms with Crippen molar-refractivity contribution >= 4 is 35.5 Å². The highest BCUT2D eigenvalue weighted by atomic mass is 16.9. The summed E-state index contributed by atoms with van der Waals surface area (Å²) in [5, 5.41) is 14.5. The minimum Gasteiger partial charge on any atom is -0.465 e. The minimum absolute atomic E-state index is 0.0545. The highest BCUT2D eigenvalue weighted by Gasteiger charge is 2.22. The molecule has 1 fully saturated rings. The SMILES string of the molecule is CCOc1nc2cccc(C(=O)OC(C)OC=O)c2n1Cc1ccc(-c2ccccc2/C(N)=N/N(N)COC(=O)OCc2ccc(CO[N+](=O)[O-])cc2)cc1.COC1CCCCC1. The first-order valence-electron chi connectivity index (χ1n) is 20.1. The molecule has 0 amide bonds. The Labute approximate surface area is 363 Å². The van der Waals surface area contributed by atoms with E-state index in [2.05, 4.69) is 14.9 Å². The zero-order valence-electron chi connectivity index (χ0n) is 35.3. The first kappa shape index (κ1) is 46.8. The first-order chi connectivity index (χ1) is 30.5. The molecular weight excluding hydrogens is 819 g/mol. The number of fused-ring (bicyclic) bond motifs is 1. The van der Waals surface area contributed by atoms with Crippen LogP contribution in [-0.4, -0.2) is 77.0 Å². The van der Waals surface area contributed by atoms with E-state index in [0.717, 1.165) is 21.8 Å². The molecule has 1 aromatic heterocycles. The number of methoxy groups -OCH3 is 1. The number of ether oxygens (including phenoxy) is 6. The van der Waals surface area contributed by atoms with Gasteiger partial charge >= 0.3 is 12.1 Å². The van der Waals surface area contributed by atoms with Crippen molar-refractivity contribution in [2.75, 3.05) is 20.4 Å². The Hall–Kier alpha value is -7.25. The van der Waals surface area contributed by atoms with Crippen LogP contribution in [0, 0.1) is 10.1 Å². The molecule has 4 aromatic carbocycles. The van der Waals surface area contributed by atoms with E-state index in [1.807, 2.05) is 50.4 Å². The number of hydrogen-bond acceptors (Lipinski definition) is 16. The van der Waals surface area contributed by atoms with Crippen molar-refractivity contribution in [2.24, 2.45) is 16.7 Å². The number of carbonyl (C=O) groups excluding carboxylic acids is 3. The van der Waals surface area contributed by atoms with E-state index >= 15 is 0 Å². The van der Waals surface area contributed by atoms with Crippen LogP contribution in [0.15, 0.2) is 96.1 Å². The van der Waals surface area contributed by atoms with Crippen LogP contribution < -0.4 is 16.3 Å². The number of carbonyl (C=O) groups is 3. The second-order valence-corrected chi connectivity index (χ2v) is 14.1. The quantitative estimate of drug-likeness (QED) is 0.0130. The molecule has 0 aliphatic heterocycles. The summed E-state index contributed by atoms with van der Waals surface area (Å²) < 4.78 is 32.9. The molecule has 1 heterocycles. The van der Waals surface area contributed by atoms with E-state index in [-0.39, 0.29) is 31.1 Å². The van der Waals surface area contributed by atoms with Crippen molar-refractivity contribution in [3.05, 3.63) is 129 Å². The molecule has 334 valence electrons. The Kier molecular flexibility index (Phi) is 17.6. The summed E-state index contributed by atoms with van der Waals surface area (Å²) in [5.74, 6) is 5.32. The molecule has 1 atom stereocenters. The largest absolute Gasteiger partial charge is 0.510 e. The summed E-state index contributed by atoms with van der Waals surface area (Å²) in [6.07, 6.45) is 5.24. The predicted octanol–water partition coefficient (Wildman–Crippen LogP) is 6.61. The van der Waals surface area contributed by atoms with Gasteiger partial charge < -0.3 is 39.0 Å². The molecule has 0 bridgehead atoms. The van der Waals surface area contributed by atoms with Crippen LogP contribution in [0.3, 0.4) is 0 Å². The third-order valence-corrected chi connectivity index (χ3v) is 9.71. The lowest BCUT2D eigenvalue weighted by atomic mass is 9.98. The highest BCUT2D eigenvalue weighted by molar-refractivity contribution is 6.03. The van der Waals surface area contributed by atoms with Gasteiger partial charge in [0.05, 0.1) is 35.9 Å². The van der Waals surface area contributed by atoms with Crippen molar-refractivity contribution in [1.82, 2.24) is 14.7 Å². The first-order valence-corrected chi connectivity index (χ1v) is 20.1. The molecule has 1 aliphatic carbocycles. The van der Waals surface area contributed by atoms with Gasteiger partial charge in [0.1, 0.15) is 13.2 Å². The van der Waals surface area contributed by atoms with E-state index < -0.39 is 30.2 Å². The molecule has 0 spiro atoms. The second-order valence-electron chi connectivity index (χ2n) is 14.1. The van der Waals surface area contributed by atoms with E-state index in [9.17, 15) is 24.5 Å². The standard InChI is InChI=1S/C37H37N7O11.C7H14O/c1-3-50-36-40-32-10-6-9-31(35(46)55-24(2)53-23-45)33(32)42(36)19-25-15-17-28(18-16-25)29-7-4-5-8-30(29)34(38)41-43(39)22-52-37(47)51-20-26-11-13-27(14-12-26)21-54-44(48)49;1-8-7-5-3-2-4-6-7/h4-18,23-24H,3,19-22,39H2,1-2H3,(H2,38,41);7H,2-6H2,1H3. The highest BCUT2D eigenvalue weighted by Crippen LogP contribution is 2.29. The average Bonchev–Trinajstić information content (AvgIpc) is 3.64. The maximum absolute atomic E-state index is 13.1. The number of hydrazone groups is 1. The van der Waals surface area contributed by atoms with Crippen LogP contribution in [0.5, 0.6) is 6.01 Å². The van der Waals surface area contributed by atoms with Gasteiger partial charge in [-0.25, -0.2) is 15.4 Å². The van der Waals surface area contributed by atoms with E-state index in [0.29, 0.717) is 53.0 Å². The third kappa shape index (κ3) is 13.9.